The molecule has 0 aliphatic rings. The van der Waals surface area contributed by atoms with Crippen LogP contribution in [0.5, 0.6) is 0 Å². The number of amides is 1. The quantitative estimate of drug-likeness (QED) is 0.593. The SMILES string of the molecule is CCCOCCNc1cnc(C)cc1C(=O)N=O. The predicted octanol–water partition coefficient (Wildman–Crippen LogP) is 2.14. The Morgan fingerprint density at radius 2 is 2.28 bits per heavy atom. The molecule has 1 aromatic heterocycles. The van der Waals surface area contributed by atoms with Gasteiger partial charge in [0.05, 0.1) is 24.1 Å². The van der Waals surface area contributed by atoms with Crippen LogP contribution in [0.15, 0.2) is 17.4 Å². The fraction of sp³-hybridized carbons (Fsp3) is 0.500. The van der Waals surface area contributed by atoms with Gasteiger partial charge in [-0.2, -0.15) is 0 Å². The molecule has 0 aromatic carbocycles. The summed E-state index contributed by atoms with van der Waals surface area (Å²) in [6.45, 7) is 5.56. The first kappa shape index (κ1) is 14.2. The molecule has 1 rings (SSSR count). The zero-order valence-electron chi connectivity index (χ0n) is 10.6. The van der Waals surface area contributed by atoms with Gasteiger partial charge < -0.3 is 10.1 Å². The van der Waals surface area contributed by atoms with E-state index in [2.05, 4.69) is 15.5 Å². The van der Waals surface area contributed by atoms with Crippen LogP contribution in [-0.2, 0) is 4.74 Å². The van der Waals surface area contributed by atoms with E-state index in [4.69, 9.17) is 4.74 Å². The van der Waals surface area contributed by atoms with Crippen molar-refractivity contribution in [3.8, 4) is 0 Å². The van der Waals surface area contributed by atoms with E-state index in [1.54, 1.807) is 13.0 Å². The van der Waals surface area contributed by atoms with E-state index in [0.29, 0.717) is 31.1 Å². The minimum atomic E-state index is -0.794. The number of carbonyl (C=O) groups excluding carboxylic acids is 1. The Kier molecular flexibility index (Phi) is 5.93. The molecule has 0 bridgehead atoms. The van der Waals surface area contributed by atoms with Crippen molar-refractivity contribution < 1.29 is 9.53 Å². The van der Waals surface area contributed by atoms with Crippen molar-refractivity contribution in [1.29, 1.82) is 0 Å². The van der Waals surface area contributed by atoms with Crippen molar-refractivity contribution in [1.82, 2.24) is 4.98 Å². The fourth-order valence-electron chi connectivity index (χ4n) is 1.43. The van der Waals surface area contributed by atoms with E-state index >= 15 is 0 Å². The van der Waals surface area contributed by atoms with Gasteiger partial charge in [0, 0.05) is 24.0 Å². The lowest BCUT2D eigenvalue weighted by Gasteiger charge is -2.09. The number of anilines is 1. The minimum Gasteiger partial charge on any atom is -0.381 e. The summed E-state index contributed by atoms with van der Waals surface area (Å²) in [5.74, 6) is -0.794. The summed E-state index contributed by atoms with van der Waals surface area (Å²) in [4.78, 5) is 25.7. The highest BCUT2D eigenvalue weighted by Gasteiger charge is 2.12. The van der Waals surface area contributed by atoms with Crippen LogP contribution in [0.2, 0.25) is 0 Å². The molecule has 0 spiro atoms. The number of carbonyl (C=O) groups is 1. The van der Waals surface area contributed by atoms with Gasteiger partial charge in [-0.05, 0) is 19.4 Å². The van der Waals surface area contributed by atoms with Gasteiger partial charge in [0.15, 0.2) is 0 Å². The molecule has 6 nitrogen and oxygen atoms in total. The molecule has 0 aliphatic carbocycles. The maximum Gasteiger partial charge on any atom is 0.318 e. The molecule has 98 valence electrons. The van der Waals surface area contributed by atoms with E-state index in [9.17, 15) is 9.70 Å². The smallest absolute Gasteiger partial charge is 0.318 e. The number of nitroso groups, excluding NO2 is 1. The molecular weight excluding hydrogens is 234 g/mol. The third kappa shape index (κ3) is 4.21. The van der Waals surface area contributed by atoms with Crippen LogP contribution in [0.3, 0.4) is 0 Å². The van der Waals surface area contributed by atoms with Crippen molar-refractivity contribution in [2.45, 2.75) is 20.3 Å². The Hall–Kier alpha value is -1.82. The van der Waals surface area contributed by atoms with Crippen LogP contribution >= 0.6 is 0 Å². The fourth-order valence-corrected chi connectivity index (χ4v) is 1.43. The van der Waals surface area contributed by atoms with Crippen molar-refractivity contribution in [2.24, 2.45) is 5.18 Å². The Balaban J connectivity index is 2.64. The topological polar surface area (TPSA) is 80.7 Å². The lowest BCUT2D eigenvalue weighted by molar-refractivity contribution is 0.100. The zero-order chi connectivity index (χ0) is 13.4. The highest BCUT2D eigenvalue weighted by Crippen LogP contribution is 2.16. The van der Waals surface area contributed by atoms with Gasteiger partial charge in [-0.3, -0.25) is 9.78 Å². The monoisotopic (exact) mass is 251 g/mol. The molecule has 0 unspecified atom stereocenters. The number of ether oxygens (including phenoxy) is 1. The van der Waals surface area contributed by atoms with Crippen LogP contribution in [0.25, 0.3) is 0 Å². The predicted molar refractivity (Wildman–Crippen MR) is 68.7 cm³/mol. The van der Waals surface area contributed by atoms with Crippen molar-refractivity contribution >= 4 is 11.6 Å². The first-order chi connectivity index (χ1) is 8.69. The number of hydrogen-bond donors (Lipinski definition) is 1. The molecule has 0 radical (unpaired) electrons. The second kappa shape index (κ2) is 7.50. The summed E-state index contributed by atoms with van der Waals surface area (Å²) in [7, 11) is 0. The number of rotatable bonds is 7. The maximum atomic E-state index is 11.3. The molecule has 0 saturated carbocycles. The van der Waals surface area contributed by atoms with Crippen molar-refractivity contribution in [2.75, 3.05) is 25.1 Å². The average molecular weight is 251 g/mol. The minimum absolute atomic E-state index is 0.244. The number of aromatic nitrogens is 1. The summed E-state index contributed by atoms with van der Waals surface area (Å²) >= 11 is 0. The van der Waals surface area contributed by atoms with Gasteiger partial charge in [-0.15, -0.1) is 4.91 Å². The highest BCUT2D eigenvalue weighted by atomic mass is 16.5. The lowest BCUT2D eigenvalue weighted by atomic mass is 10.2. The molecule has 0 fully saturated rings. The molecule has 0 atom stereocenters. The molecule has 0 aliphatic heterocycles. The van der Waals surface area contributed by atoms with Gasteiger partial charge in [0.1, 0.15) is 0 Å². The van der Waals surface area contributed by atoms with Crippen LogP contribution in [-0.4, -0.2) is 30.6 Å². The molecule has 1 amide bonds. The molecule has 18 heavy (non-hydrogen) atoms. The molecular formula is C12H17N3O3. The number of nitrogens with zero attached hydrogens (tertiary/aromatic N) is 2. The Bertz CT molecular complexity index is 421. The van der Waals surface area contributed by atoms with Crippen LogP contribution in [0.1, 0.15) is 29.4 Å². The normalized spacial score (nSPS) is 10.1. The Morgan fingerprint density at radius 3 is 2.94 bits per heavy atom. The lowest BCUT2D eigenvalue weighted by Crippen LogP contribution is -2.12. The summed E-state index contributed by atoms with van der Waals surface area (Å²) in [6, 6.07) is 1.54. The summed E-state index contributed by atoms with van der Waals surface area (Å²) in [5.41, 5.74) is 1.41. The molecule has 6 heteroatoms. The van der Waals surface area contributed by atoms with Gasteiger partial charge in [0.25, 0.3) is 0 Å². The first-order valence-corrected chi connectivity index (χ1v) is 5.85. The van der Waals surface area contributed by atoms with E-state index < -0.39 is 5.91 Å². The molecule has 1 heterocycles. The van der Waals surface area contributed by atoms with E-state index in [-0.39, 0.29) is 5.56 Å². The third-order valence-corrected chi connectivity index (χ3v) is 2.26. The second-order valence-corrected chi connectivity index (χ2v) is 3.81. The summed E-state index contributed by atoms with van der Waals surface area (Å²) in [6.07, 6.45) is 2.48. The van der Waals surface area contributed by atoms with E-state index in [1.807, 2.05) is 6.92 Å². The van der Waals surface area contributed by atoms with Crippen LogP contribution in [0, 0.1) is 11.8 Å². The summed E-state index contributed by atoms with van der Waals surface area (Å²) < 4.78 is 5.30. The third-order valence-electron chi connectivity index (χ3n) is 2.26. The van der Waals surface area contributed by atoms with E-state index in [0.717, 1.165) is 6.42 Å². The molecule has 1 aromatic rings. The maximum absolute atomic E-state index is 11.3. The van der Waals surface area contributed by atoms with Crippen LogP contribution in [0.4, 0.5) is 5.69 Å². The summed E-state index contributed by atoms with van der Waals surface area (Å²) in [5, 5.41) is 5.44. The Morgan fingerprint density at radius 1 is 1.50 bits per heavy atom. The zero-order valence-corrected chi connectivity index (χ0v) is 10.6. The number of pyridine rings is 1. The number of hydrogen-bond acceptors (Lipinski definition) is 5. The van der Waals surface area contributed by atoms with Crippen molar-refractivity contribution in [3.63, 3.8) is 0 Å². The van der Waals surface area contributed by atoms with Gasteiger partial charge in [0.2, 0.25) is 0 Å². The van der Waals surface area contributed by atoms with Gasteiger partial charge in [-0.25, -0.2) is 0 Å². The van der Waals surface area contributed by atoms with Gasteiger partial charge in [-0.1, -0.05) is 6.92 Å². The average Bonchev–Trinajstić information content (AvgIpc) is 2.39. The first-order valence-electron chi connectivity index (χ1n) is 5.85. The number of nitrogens with one attached hydrogen (secondary N) is 1. The van der Waals surface area contributed by atoms with Gasteiger partial charge >= 0.3 is 5.91 Å². The van der Waals surface area contributed by atoms with Crippen molar-refractivity contribution in [3.05, 3.63) is 28.4 Å². The highest BCUT2D eigenvalue weighted by molar-refractivity contribution is 6.00. The molecule has 1 N–H and O–H groups in total. The van der Waals surface area contributed by atoms with Crippen LogP contribution < -0.4 is 5.32 Å². The molecule has 0 saturated heterocycles. The Labute approximate surface area is 106 Å². The second-order valence-electron chi connectivity index (χ2n) is 3.81. The largest absolute Gasteiger partial charge is 0.381 e. The van der Waals surface area contributed by atoms with E-state index in [1.165, 1.54) is 6.20 Å². The number of aryl methyl sites for hydroxylation is 1. The standard InChI is InChI=1S/C12H17N3O3/c1-3-5-18-6-4-13-11-8-14-9(2)7-10(11)12(16)15-17/h7-8,13H,3-6H2,1-2H3.